The Hall–Kier alpha value is -3.19. The molecule has 0 amide bonds. The molecule has 0 fully saturated rings. The first-order valence-electron chi connectivity index (χ1n) is 7.83. The van der Waals surface area contributed by atoms with Crippen molar-refractivity contribution in [3.8, 4) is 11.5 Å². The summed E-state index contributed by atoms with van der Waals surface area (Å²) in [6.45, 7) is 1.89. The molecule has 0 aliphatic carbocycles. The number of anilines is 1. The molecule has 0 saturated carbocycles. The van der Waals surface area contributed by atoms with Crippen molar-refractivity contribution < 1.29 is 13.9 Å². The quantitative estimate of drug-likeness (QED) is 0.403. The third-order valence-corrected chi connectivity index (χ3v) is 3.51. The number of carbonyl (C=O) groups is 1. The van der Waals surface area contributed by atoms with E-state index in [0.29, 0.717) is 10.7 Å². The van der Waals surface area contributed by atoms with Crippen molar-refractivity contribution in [2.24, 2.45) is 5.10 Å². The summed E-state index contributed by atoms with van der Waals surface area (Å²) < 4.78 is 10.6. The molecule has 0 atom stereocenters. The van der Waals surface area contributed by atoms with E-state index in [2.05, 4.69) is 20.7 Å². The highest BCUT2D eigenvalue weighted by Crippen LogP contribution is 2.18. The standard InChI is InChI=1S/C18H15ClN4O3/c1-2-25-18(24)15(21-20-14-10-8-13(19)9-11-14)17-23-22-16(26-17)12-6-4-3-5-7-12/h3-11,20H,2H2,1H3/b21-15-. The van der Waals surface area contributed by atoms with E-state index < -0.39 is 5.97 Å². The normalized spacial score (nSPS) is 11.2. The highest BCUT2D eigenvalue weighted by molar-refractivity contribution is 6.42. The fraction of sp³-hybridized carbons (Fsp3) is 0.111. The summed E-state index contributed by atoms with van der Waals surface area (Å²) in [6, 6.07) is 16.1. The van der Waals surface area contributed by atoms with Crippen LogP contribution in [0, 0.1) is 0 Å². The summed E-state index contributed by atoms with van der Waals surface area (Å²) in [5, 5.41) is 12.5. The molecule has 26 heavy (non-hydrogen) atoms. The molecule has 3 aromatic rings. The Morgan fingerprint density at radius 1 is 1.15 bits per heavy atom. The zero-order valence-electron chi connectivity index (χ0n) is 13.8. The summed E-state index contributed by atoms with van der Waals surface area (Å²) >= 11 is 5.85. The third-order valence-electron chi connectivity index (χ3n) is 3.26. The number of benzene rings is 2. The van der Waals surface area contributed by atoms with E-state index >= 15 is 0 Å². The molecule has 3 rings (SSSR count). The van der Waals surface area contributed by atoms with Crippen LogP contribution < -0.4 is 5.43 Å². The van der Waals surface area contributed by atoms with E-state index in [1.165, 1.54) is 0 Å². The Balaban J connectivity index is 1.89. The molecule has 8 heteroatoms. The number of aromatic nitrogens is 2. The molecule has 0 bridgehead atoms. The van der Waals surface area contributed by atoms with Gasteiger partial charge in [-0.2, -0.15) is 5.10 Å². The molecule has 0 radical (unpaired) electrons. The molecule has 7 nitrogen and oxygen atoms in total. The van der Waals surface area contributed by atoms with Gasteiger partial charge in [-0.25, -0.2) is 4.79 Å². The number of hydrogen-bond acceptors (Lipinski definition) is 7. The Labute approximate surface area is 154 Å². The third kappa shape index (κ3) is 4.25. The number of nitrogens with zero attached hydrogens (tertiary/aromatic N) is 3. The van der Waals surface area contributed by atoms with Gasteiger partial charge in [0.05, 0.1) is 12.3 Å². The van der Waals surface area contributed by atoms with Gasteiger partial charge >= 0.3 is 5.97 Å². The molecule has 132 valence electrons. The minimum atomic E-state index is -0.669. The van der Waals surface area contributed by atoms with Gasteiger partial charge in [-0.3, -0.25) is 5.43 Å². The van der Waals surface area contributed by atoms with Gasteiger partial charge in [-0.1, -0.05) is 29.8 Å². The lowest BCUT2D eigenvalue weighted by atomic mass is 10.2. The zero-order valence-corrected chi connectivity index (χ0v) is 14.6. The number of hydrogen-bond donors (Lipinski definition) is 1. The molecular formula is C18H15ClN4O3. The van der Waals surface area contributed by atoms with Crippen LogP contribution in [0.25, 0.3) is 11.5 Å². The van der Waals surface area contributed by atoms with Crippen LogP contribution >= 0.6 is 11.6 Å². The van der Waals surface area contributed by atoms with E-state index in [-0.39, 0.29) is 24.1 Å². The Kier molecular flexibility index (Phi) is 5.60. The zero-order chi connectivity index (χ0) is 18.4. The molecule has 0 saturated heterocycles. The highest BCUT2D eigenvalue weighted by Gasteiger charge is 2.23. The maximum atomic E-state index is 12.2. The van der Waals surface area contributed by atoms with E-state index in [0.717, 1.165) is 5.56 Å². The van der Waals surface area contributed by atoms with Crippen LogP contribution in [-0.4, -0.2) is 28.5 Å². The average molecular weight is 371 g/mol. The summed E-state index contributed by atoms with van der Waals surface area (Å²) in [5.74, 6) is -0.426. The van der Waals surface area contributed by atoms with Gasteiger partial charge in [0.25, 0.3) is 5.89 Å². The Bertz CT molecular complexity index is 908. The number of carbonyl (C=O) groups excluding carboxylic acids is 1. The SMILES string of the molecule is CCOC(=O)/C(=N\Nc1ccc(Cl)cc1)c1nnc(-c2ccccc2)o1. The first-order chi connectivity index (χ1) is 12.7. The molecule has 0 aliphatic heterocycles. The van der Waals surface area contributed by atoms with Crippen molar-refractivity contribution in [2.45, 2.75) is 6.92 Å². The predicted molar refractivity (Wildman–Crippen MR) is 98.0 cm³/mol. The minimum Gasteiger partial charge on any atom is -0.461 e. The highest BCUT2D eigenvalue weighted by atomic mass is 35.5. The van der Waals surface area contributed by atoms with Gasteiger partial charge < -0.3 is 9.15 Å². The van der Waals surface area contributed by atoms with Crippen LogP contribution in [0.3, 0.4) is 0 Å². The lowest BCUT2D eigenvalue weighted by Crippen LogP contribution is -2.20. The summed E-state index contributed by atoms with van der Waals surface area (Å²) in [4.78, 5) is 12.2. The summed E-state index contributed by atoms with van der Waals surface area (Å²) in [6.07, 6.45) is 0. The van der Waals surface area contributed by atoms with Crippen molar-refractivity contribution in [3.05, 3.63) is 65.5 Å². The molecule has 1 aromatic heterocycles. The molecular weight excluding hydrogens is 356 g/mol. The topological polar surface area (TPSA) is 89.6 Å². The summed E-state index contributed by atoms with van der Waals surface area (Å²) in [7, 11) is 0. The van der Waals surface area contributed by atoms with Crippen LogP contribution in [0.4, 0.5) is 5.69 Å². The number of esters is 1. The summed E-state index contributed by atoms with van der Waals surface area (Å²) in [5.41, 5.74) is 4.02. The lowest BCUT2D eigenvalue weighted by molar-refractivity contribution is -0.135. The van der Waals surface area contributed by atoms with Crippen LogP contribution in [0.1, 0.15) is 12.8 Å². The first kappa shape index (κ1) is 17.6. The van der Waals surface area contributed by atoms with Crippen molar-refractivity contribution >= 4 is 29.0 Å². The fourth-order valence-corrected chi connectivity index (χ4v) is 2.17. The predicted octanol–water partition coefficient (Wildman–Crippen LogP) is 3.77. The van der Waals surface area contributed by atoms with Gasteiger partial charge in [0, 0.05) is 10.6 Å². The van der Waals surface area contributed by atoms with Gasteiger partial charge in [0.1, 0.15) is 0 Å². The van der Waals surface area contributed by atoms with Crippen LogP contribution in [0.15, 0.2) is 64.1 Å². The van der Waals surface area contributed by atoms with Crippen LogP contribution in [0.5, 0.6) is 0 Å². The second kappa shape index (κ2) is 8.26. The van der Waals surface area contributed by atoms with Gasteiger partial charge in [-0.15, -0.1) is 10.2 Å². The van der Waals surface area contributed by atoms with E-state index in [4.69, 9.17) is 20.8 Å². The lowest BCUT2D eigenvalue weighted by Gasteiger charge is -2.04. The van der Waals surface area contributed by atoms with Gasteiger partial charge in [-0.05, 0) is 43.3 Å². The minimum absolute atomic E-state index is 0.0382. The van der Waals surface area contributed by atoms with E-state index in [1.54, 1.807) is 31.2 Å². The second-order valence-corrected chi connectivity index (χ2v) is 5.51. The van der Waals surface area contributed by atoms with E-state index in [1.807, 2.05) is 30.3 Å². The second-order valence-electron chi connectivity index (χ2n) is 5.08. The maximum absolute atomic E-state index is 12.2. The number of nitrogens with one attached hydrogen (secondary N) is 1. The van der Waals surface area contributed by atoms with Crippen molar-refractivity contribution in [2.75, 3.05) is 12.0 Å². The van der Waals surface area contributed by atoms with E-state index in [9.17, 15) is 4.79 Å². The first-order valence-corrected chi connectivity index (χ1v) is 8.21. The maximum Gasteiger partial charge on any atom is 0.364 e. The van der Waals surface area contributed by atoms with Crippen LogP contribution in [0.2, 0.25) is 5.02 Å². The molecule has 0 aliphatic rings. The molecule has 1 N–H and O–H groups in total. The molecule has 0 spiro atoms. The van der Waals surface area contributed by atoms with Crippen molar-refractivity contribution in [3.63, 3.8) is 0 Å². The number of halogens is 1. The van der Waals surface area contributed by atoms with Gasteiger partial charge in [0.15, 0.2) is 0 Å². The number of ether oxygens (including phenoxy) is 1. The smallest absolute Gasteiger partial charge is 0.364 e. The average Bonchev–Trinajstić information content (AvgIpc) is 3.14. The van der Waals surface area contributed by atoms with Crippen LogP contribution in [-0.2, 0) is 9.53 Å². The largest absolute Gasteiger partial charge is 0.461 e. The molecule has 2 aromatic carbocycles. The fourth-order valence-electron chi connectivity index (χ4n) is 2.04. The monoisotopic (exact) mass is 370 g/mol. The molecule has 1 heterocycles. The van der Waals surface area contributed by atoms with Crippen molar-refractivity contribution in [1.29, 1.82) is 0 Å². The van der Waals surface area contributed by atoms with Gasteiger partial charge in [0.2, 0.25) is 11.6 Å². The number of hydrazone groups is 1. The number of rotatable bonds is 6. The Morgan fingerprint density at radius 3 is 2.58 bits per heavy atom. The molecule has 0 unspecified atom stereocenters. The van der Waals surface area contributed by atoms with Crippen molar-refractivity contribution in [1.82, 2.24) is 10.2 Å². The Morgan fingerprint density at radius 2 is 1.88 bits per heavy atom.